The van der Waals surface area contributed by atoms with Gasteiger partial charge in [-0.25, -0.2) is 13.8 Å². The lowest BCUT2D eigenvalue weighted by Gasteiger charge is -2.19. The molecule has 1 atom stereocenters. The Morgan fingerprint density at radius 1 is 1.30 bits per heavy atom. The number of hydrogen-bond donors (Lipinski definition) is 1. The van der Waals surface area contributed by atoms with Crippen LogP contribution in [0.25, 0.3) is 0 Å². The molecule has 11 heteroatoms. The molecule has 1 N–H and O–H groups in total. The number of aromatic nitrogens is 2. The second-order valence-corrected chi connectivity index (χ2v) is 8.52. The van der Waals surface area contributed by atoms with Gasteiger partial charge in [-0.2, -0.15) is 14.0 Å². The summed E-state index contributed by atoms with van der Waals surface area (Å²) in [5.74, 6) is -6.83. The molecule has 1 aliphatic rings. The number of nitrogens with zero attached hydrogens (tertiary/aromatic N) is 3. The van der Waals surface area contributed by atoms with Crippen LogP contribution in [-0.4, -0.2) is 28.2 Å². The van der Waals surface area contributed by atoms with Crippen molar-refractivity contribution in [3.63, 3.8) is 0 Å². The number of halogens is 4. The van der Waals surface area contributed by atoms with Crippen LogP contribution < -0.4 is 15.6 Å². The minimum Gasteiger partial charge on any atom is -0.446 e. The highest BCUT2D eigenvalue weighted by Gasteiger charge is 2.38. The zero-order valence-electron chi connectivity index (χ0n) is 20.6. The number of nitrogens with one attached hydrogen (secondary N) is 1. The molecule has 2 heterocycles. The minimum atomic E-state index is -3.58. The molecule has 1 aromatic heterocycles. The molecule has 1 amide bonds. The van der Waals surface area contributed by atoms with Crippen LogP contribution in [0.2, 0.25) is 0 Å². The summed E-state index contributed by atoms with van der Waals surface area (Å²) in [5.41, 5.74) is -1.54. The molecule has 7 nitrogen and oxygen atoms in total. The number of allylic oxidation sites excluding steroid dienone is 2. The summed E-state index contributed by atoms with van der Waals surface area (Å²) in [6.45, 7) is 4.35. The van der Waals surface area contributed by atoms with Crippen molar-refractivity contribution in [2.45, 2.75) is 58.7 Å². The van der Waals surface area contributed by atoms with Gasteiger partial charge in [-0.1, -0.05) is 26.3 Å². The van der Waals surface area contributed by atoms with E-state index >= 15 is 0 Å². The zero-order valence-corrected chi connectivity index (χ0v) is 20.6. The molecule has 1 aromatic carbocycles. The first-order valence-corrected chi connectivity index (χ1v) is 11.7. The summed E-state index contributed by atoms with van der Waals surface area (Å²) < 4.78 is 65.0. The molecular weight excluding hydrogens is 492 g/mol. The smallest absolute Gasteiger partial charge is 0.297 e. The molecular formula is C26H26F4N4O3. The second kappa shape index (κ2) is 11.4. The maximum absolute atomic E-state index is 14.9. The van der Waals surface area contributed by atoms with Gasteiger partial charge in [-0.05, 0) is 42.7 Å². The number of amides is 1. The van der Waals surface area contributed by atoms with Crippen molar-refractivity contribution in [1.82, 2.24) is 14.9 Å². The Balaban J connectivity index is 2.15. The molecule has 37 heavy (non-hydrogen) atoms. The molecule has 0 fully saturated rings. The molecule has 0 bridgehead atoms. The number of benzene rings is 1. The van der Waals surface area contributed by atoms with E-state index in [1.54, 1.807) is 6.07 Å². The summed E-state index contributed by atoms with van der Waals surface area (Å²) >= 11 is 0. The van der Waals surface area contributed by atoms with Crippen molar-refractivity contribution in [2.24, 2.45) is 0 Å². The average molecular weight is 519 g/mol. The van der Waals surface area contributed by atoms with Crippen LogP contribution >= 0.6 is 0 Å². The first-order valence-electron chi connectivity index (χ1n) is 11.7. The van der Waals surface area contributed by atoms with Gasteiger partial charge < -0.3 is 10.1 Å². The highest BCUT2D eigenvalue weighted by Crippen LogP contribution is 2.37. The average Bonchev–Trinajstić information content (AvgIpc) is 3.01. The Labute approximate surface area is 211 Å². The highest BCUT2D eigenvalue weighted by molar-refractivity contribution is 5.94. The Hall–Kier alpha value is -3.94. The van der Waals surface area contributed by atoms with Crippen molar-refractivity contribution in [2.75, 3.05) is 6.54 Å². The quantitative estimate of drug-likeness (QED) is 0.468. The number of rotatable bonds is 9. The summed E-state index contributed by atoms with van der Waals surface area (Å²) in [5, 5.41) is 11.7. The Kier molecular flexibility index (Phi) is 8.53. The topological polar surface area (TPSA) is 97.0 Å². The van der Waals surface area contributed by atoms with Gasteiger partial charge >= 0.3 is 0 Å². The van der Waals surface area contributed by atoms with Gasteiger partial charge in [0.05, 0.1) is 18.4 Å². The number of alkyl halides is 3. The predicted octanol–water partition coefficient (Wildman–Crippen LogP) is 5.06. The first kappa shape index (κ1) is 27.6. The molecule has 0 saturated heterocycles. The van der Waals surface area contributed by atoms with Gasteiger partial charge in [0, 0.05) is 18.5 Å². The second-order valence-electron chi connectivity index (χ2n) is 8.52. The van der Waals surface area contributed by atoms with Crippen molar-refractivity contribution >= 4 is 5.91 Å². The van der Waals surface area contributed by atoms with E-state index in [-0.39, 0.29) is 24.1 Å². The Morgan fingerprint density at radius 3 is 2.65 bits per heavy atom. The fourth-order valence-electron chi connectivity index (χ4n) is 3.94. The third-order valence-electron chi connectivity index (χ3n) is 5.89. The van der Waals surface area contributed by atoms with Crippen LogP contribution in [0.15, 0.2) is 52.1 Å². The number of hydrogen-bond acceptors (Lipinski definition) is 5. The van der Waals surface area contributed by atoms with Crippen molar-refractivity contribution in [1.29, 1.82) is 5.26 Å². The normalized spacial score (nSPS) is 15.0. The Bertz CT molecular complexity index is 1360. The van der Waals surface area contributed by atoms with Crippen molar-refractivity contribution in [3.8, 4) is 17.6 Å². The molecule has 0 saturated carbocycles. The number of nitriles is 1. The van der Waals surface area contributed by atoms with Gasteiger partial charge in [-0.15, -0.1) is 0 Å². The van der Waals surface area contributed by atoms with E-state index in [1.165, 1.54) is 26.0 Å². The third-order valence-corrected chi connectivity index (χ3v) is 5.89. The van der Waals surface area contributed by atoms with Gasteiger partial charge in [0.25, 0.3) is 11.5 Å². The van der Waals surface area contributed by atoms with E-state index in [9.17, 15) is 27.2 Å². The molecule has 0 radical (unpaired) electrons. The molecule has 0 spiro atoms. The zero-order chi connectivity index (χ0) is 27.3. The summed E-state index contributed by atoms with van der Waals surface area (Å²) in [6.07, 6.45) is 0.681. The summed E-state index contributed by atoms with van der Waals surface area (Å²) in [7, 11) is 0. The molecule has 2 aromatic rings. The fourth-order valence-corrected chi connectivity index (χ4v) is 3.94. The molecule has 1 aliphatic heterocycles. The van der Waals surface area contributed by atoms with Crippen LogP contribution in [0.5, 0.6) is 11.5 Å². The predicted molar refractivity (Wildman–Crippen MR) is 127 cm³/mol. The van der Waals surface area contributed by atoms with E-state index < -0.39 is 65.1 Å². The first-order chi connectivity index (χ1) is 17.5. The Morgan fingerprint density at radius 2 is 2.03 bits per heavy atom. The maximum atomic E-state index is 14.9. The lowest BCUT2D eigenvalue weighted by molar-refractivity contribution is -0.117. The highest BCUT2D eigenvalue weighted by atomic mass is 19.3. The lowest BCUT2D eigenvalue weighted by Crippen LogP contribution is -2.32. The van der Waals surface area contributed by atoms with E-state index in [0.29, 0.717) is 12.0 Å². The summed E-state index contributed by atoms with van der Waals surface area (Å²) in [4.78, 5) is 29.8. The van der Waals surface area contributed by atoms with Crippen LogP contribution in [0.1, 0.15) is 51.3 Å². The van der Waals surface area contributed by atoms with Crippen molar-refractivity contribution < 1.29 is 27.1 Å². The molecule has 196 valence electrons. The van der Waals surface area contributed by atoms with Crippen LogP contribution in [0, 0.1) is 17.1 Å². The fraction of sp³-hybridized carbons (Fsp3) is 0.385. The van der Waals surface area contributed by atoms with E-state index in [4.69, 9.17) is 10.00 Å². The van der Waals surface area contributed by atoms with Crippen LogP contribution in [0.3, 0.4) is 0 Å². The van der Waals surface area contributed by atoms with Crippen LogP contribution in [0.4, 0.5) is 17.6 Å². The van der Waals surface area contributed by atoms with E-state index in [0.717, 1.165) is 23.0 Å². The SMILES string of the molecule is CCCC(F)(F)c1ncn(CC2=CC(C(C)F)=C(CC)CNC2=O)c(=O)c1Oc1cccc(C#N)c1F. The minimum absolute atomic E-state index is 0.00327. The van der Waals surface area contributed by atoms with Crippen LogP contribution in [-0.2, 0) is 17.3 Å². The number of carbonyl (C=O) groups is 1. The van der Waals surface area contributed by atoms with E-state index in [1.807, 2.05) is 6.92 Å². The maximum Gasteiger partial charge on any atom is 0.297 e. The largest absolute Gasteiger partial charge is 0.446 e. The molecule has 1 unspecified atom stereocenters. The standard InChI is InChI=1S/C26H26F4N4O3/c1-4-9-26(29,30)23-22(37-20-8-6-7-17(11-31)21(20)28)25(36)34(14-33-23)13-18-10-19(15(3)27)16(5-2)12-32-24(18)35/h6-8,10,14-15H,4-5,9,12-13H2,1-3H3,(H,32,35). The molecule has 3 rings (SSSR count). The van der Waals surface area contributed by atoms with Gasteiger partial charge in [-0.3, -0.25) is 14.2 Å². The van der Waals surface area contributed by atoms with Crippen molar-refractivity contribution in [3.05, 3.63) is 74.8 Å². The van der Waals surface area contributed by atoms with Gasteiger partial charge in [0.15, 0.2) is 17.3 Å². The van der Waals surface area contributed by atoms with E-state index in [2.05, 4.69) is 10.3 Å². The van der Waals surface area contributed by atoms with Gasteiger partial charge in [0.1, 0.15) is 12.2 Å². The third kappa shape index (κ3) is 5.90. The molecule has 0 aliphatic carbocycles. The lowest BCUT2D eigenvalue weighted by atomic mass is 10.0. The monoisotopic (exact) mass is 518 g/mol. The number of carbonyl (C=O) groups excluding carboxylic acids is 1. The summed E-state index contributed by atoms with van der Waals surface area (Å²) in [6, 6.07) is 5.13. The van der Waals surface area contributed by atoms with Gasteiger partial charge in [0.2, 0.25) is 11.7 Å². The number of ether oxygens (including phenoxy) is 1.